The Hall–Kier alpha value is -3.85. The molecular weight excluding hydrogens is 430 g/mol. The fourth-order valence-corrected chi connectivity index (χ4v) is 3.84. The summed E-state index contributed by atoms with van der Waals surface area (Å²) in [6, 6.07) is 14.1. The maximum Gasteiger partial charge on any atom is 0.271 e. The van der Waals surface area contributed by atoms with E-state index in [-0.39, 0.29) is 31.4 Å². The predicted molar refractivity (Wildman–Crippen MR) is 117 cm³/mol. The number of aromatic nitrogens is 1. The van der Waals surface area contributed by atoms with Crippen LogP contribution < -0.4 is 10.1 Å². The number of carbonyl (C=O) groups excluding carboxylic acids is 2. The molecule has 1 aromatic carbocycles. The third-order valence-electron chi connectivity index (χ3n) is 4.64. The van der Waals surface area contributed by atoms with E-state index in [1.807, 2.05) is 0 Å². The number of hydrogen-bond acceptors (Lipinski definition) is 7. The fourth-order valence-electron chi connectivity index (χ4n) is 3.05. The van der Waals surface area contributed by atoms with Gasteiger partial charge in [-0.25, -0.2) is 4.98 Å². The quantitative estimate of drug-likeness (QED) is 0.411. The standard InChI is InChI=1S/C23H21N3O5S/c1-29-17-6-2-5-16(11-17)23(28)26(13-19-8-4-10-31-19)14-21-25-20(15-32-21)22(27)24-12-18-7-3-9-30-18/h2-11,15H,12-14H2,1H3,(H,24,27). The molecule has 0 aliphatic heterocycles. The van der Waals surface area contributed by atoms with Gasteiger partial charge in [-0.1, -0.05) is 6.07 Å². The zero-order valence-electron chi connectivity index (χ0n) is 17.3. The van der Waals surface area contributed by atoms with Gasteiger partial charge in [0.05, 0.1) is 39.3 Å². The van der Waals surface area contributed by atoms with Gasteiger partial charge < -0.3 is 23.8 Å². The number of methoxy groups -OCH3 is 1. The van der Waals surface area contributed by atoms with E-state index >= 15 is 0 Å². The first-order valence-electron chi connectivity index (χ1n) is 9.83. The molecule has 164 valence electrons. The molecule has 9 heteroatoms. The summed E-state index contributed by atoms with van der Waals surface area (Å²) in [7, 11) is 1.55. The van der Waals surface area contributed by atoms with Crippen molar-refractivity contribution in [1.82, 2.24) is 15.2 Å². The van der Waals surface area contributed by atoms with E-state index < -0.39 is 0 Å². The van der Waals surface area contributed by atoms with Gasteiger partial charge in [0.15, 0.2) is 0 Å². The maximum atomic E-state index is 13.2. The summed E-state index contributed by atoms with van der Waals surface area (Å²) >= 11 is 1.32. The molecule has 0 bridgehead atoms. The number of carbonyl (C=O) groups is 2. The van der Waals surface area contributed by atoms with Gasteiger partial charge in [0.1, 0.15) is 28.0 Å². The first-order chi connectivity index (χ1) is 15.6. The van der Waals surface area contributed by atoms with E-state index in [0.29, 0.717) is 33.5 Å². The highest BCUT2D eigenvalue weighted by atomic mass is 32.1. The average Bonchev–Trinajstić information content (AvgIpc) is 3.60. The molecule has 1 N–H and O–H groups in total. The molecule has 3 heterocycles. The maximum absolute atomic E-state index is 13.2. The molecule has 0 aliphatic carbocycles. The number of thiazole rings is 1. The lowest BCUT2D eigenvalue weighted by Gasteiger charge is -2.21. The van der Waals surface area contributed by atoms with Crippen molar-refractivity contribution >= 4 is 23.2 Å². The van der Waals surface area contributed by atoms with E-state index in [4.69, 9.17) is 13.6 Å². The van der Waals surface area contributed by atoms with Crippen LogP contribution in [-0.2, 0) is 19.6 Å². The number of furan rings is 2. The van der Waals surface area contributed by atoms with Gasteiger partial charge in [0, 0.05) is 10.9 Å². The van der Waals surface area contributed by atoms with Crippen LogP contribution in [0.4, 0.5) is 0 Å². The Morgan fingerprint density at radius 1 is 1.06 bits per heavy atom. The van der Waals surface area contributed by atoms with Crippen molar-refractivity contribution in [2.75, 3.05) is 7.11 Å². The summed E-state index contributed by atoms with van der Waals surface area (Å²) in [6.07, 6.45) is 3.11. The Bertz CT molecular complexity index is 1170. The number of hydrogen-bond donors (Lipinski definition) is 1. The summed E-state index contributed by atoms with van der Waals surface area (Å²) in [4.78, 5) is 31.7. The zero-order chi connectivity index (χ0) is 22.3. The van der Waals surface area contributed by atoms with Gasteiger partial charge in [-0.15, -0.1) is 11.3 Å². The Morgan fingerprint density at radius 3 is 2.56 bits per heavy atom. The van der Waals surface area contributed by atoms with Crippen molar-refractivity contribution in [3.05, 3.63) is 94.2 Å². The Morgan fingerprint density at radius 2 is 1.84 bits per heavy atom. The Balaban J connectivity index is 1.48. The SMILES string of the molecule is COc1cccc(C(=O)N(Cc2ccco2)Cc2nc(C(=O)NCc3ccco3)cs2)c1. The summed E-state index contributed by atoms with van der Waals surface area (Å²) in [5.41, 5.74) is 0.784. The molecule has 0 spiro atoms. The summed E-state index contributed by atoms with van der Waals surface area (Å²) in [5.74, 6) is 1.40. The van der Waals surface area contributed by atoms with Crippen LogP contribution in [0.25, 0.3) is 0 Å². The molecule has 0 radical (unpaired) electrons. The first kappa shape index (κ1) is 21.4. The van der Waals surface area contributed by atoms with Crippen molar-refractivity contribution in [3.8, 4) is 5.75 Å². The Kier molecular flexibility index (Phi) is 6.66. The highest BCUT2D eigenvalue weighted by Crippen LogP contribution is 2.20. The number of rotatable bonds is 9. The van der Waals surface area contributed by atoms with Crippen molar-refractivity contribution in [3.63, 3.8) is 0 Å². The van der Waals surface area contributed by atoms with Gasteiger partial charge in [-0.2, -0.15) is 0 Å². The van der Waals surface area contributed by atoms with Crippen LogP contribution in [0, 0.1) is 0 Å². The van der Waals surface area contributed by atoms with E-state index in [0.717, 1.165) is 0 Å². The second-order valence-corrected chi connectivity index (χ2v) is 7.80. The minimum atomic E-state index is -0.305. The van der Waals surface area contributed by atoms with Crippen molar-refractivity contribution in [1.29, 1.82) is 0 Å². The Labute approximate surface area is 188 Å². The third kappa shape index (κ3) is 5.25. The van der Waals surface area contributed by atoms with Gasteiger partial charge in [0.25, 0.3) is 11.8 Å². The van der Waals surface area contributed by atoms with Crippen LogP contribution >= 0.6 is 11.3 Å². The second kappa shape index (κ2) is 9.97. The van der Waals surface area contributed by atoms with Crippen LogP contribution in [0.5, 0.6) is 5.75 Å². The van der Waals surface area contributed by atoms with Crippen LogP contribution in [0.1, 0.15) is 37.4 Å². The topological polar surface area (TPSA) is 97.8 Å². The van der Waals surface area contributed by atoms with Crippen molar-refractivity contribution in [2.45, 2.75) is 19.6 Å². The second-order valence-electron chi connectivity index (χ2n) is 6.86. The highest BCUT2D eigenvalue weighted by Gasteiger charge is 2.21. The number of nitrogens with one attached hydrogen (secondary N) is 1. The van der Waals surface area contributed by atoms with E-state index in [1.54, 1.807) is 78.4 Å². The molecule has 0 saturated carbocycles. The molecule has 8 nitrogen and oxygen atoms in total. The fraction of sp³-hybridized carbons (Fsp3) is 0.174. The molecule has 4 aromatic rings. The lowest BCUT2D eigenvalue weighted by atomic mass is 10.2. The van der Waals surface area contributed by atoms with Gasteiger partial charge in [-0.05, 0) is 42.5 Å². The minimum absolute atomic E-state index is 0.195. The van der Waals surface area contributed by atoms with Crippen LogP contribution in [0.3, 0.4) is 0 Å². The molecule has 0 fully saturated rings. The molecule has 0 unspecified atom stereocenters. The van der Waals surface area contributed by atoms with Crippen molar-refractivity contribution in [2.24, 2.45) is 0 Å². The summed E-state index contributed by atoms with van der Waals surface area (Å²) in [6.45, 7) is 0.771. The molecule has 0 aliphatic rings. The number of ether oxygens (including phenoxy) is 1. The lowest BCUT2D eigenvalue weighted by molar-refractivity contribution is 0.0717. The van der Waals surface area contributed by atoms with Gasteiger partial charge >= 0.3 is 0 Å². The van der Waals surface area contributed by atoms with Gasteiger partial charge in [0.2, 0.25) is 0 Å². The van der Waals surface area contributed by atoms with E-state index in [1.165, 1.54) is 11.3 Å². The minimum Gasteiger partial charge on any atom is -0.497 e. The predicted octanol–water partition coefficient (Wildman–Crippen LogP) is 4.11. The zero-order valence-corrected chi connectivity index (χ0v) is 18.1. The number of benzene rings is 1. The molecule has 0 saturated heterocycles. The molecule has 32 heavy (non-hydrogen) atoms. The average molecular weight is 452 g/mol. The van der Waals surface area contributed by atoms with Crippen LogP contribution in [0.15, 0.2) is 75.3 Å². The van der Waals surface area contributed by atoms with Gasteiger partial charge in [-0.3, -0.25) is 9.59 Å². The highest BCUT2D eigenvalue weighted by molar-refractivity contribution is 7.09. The monoisotopic (exact) mass is 451 g/mol. The molecular formula is C23H21N3O5S. The van der Waals surface area contributed by atoms with Crippen LogP contribution in [0.2, 0.25) is 0 Å². The normalized spacial score (nSPS) is 10.7. The van der Waals surface area contributed by atoms with E-state index in [9.17, 15) is 9.59 Å². The molecule has 0 atom stereocenters. The number of amides is 2. The molecule has 2 amide bonds. The molecule has 3 aromatic heterocycles. The number of nitrogens with zero attached hydrogens (tertiary/aromatic N) is 2. The summed E-state index contributed by atoms with van der Waals surface area (Å²) < 4.78 is 15.9. The largest absolute Gasteiger partial charge is 0.497 e. The first-order valence-corrected chi connectivity index (χ1v) is 10.7. The lowest BCUT2D eigenvalue weighted by Crippen LogP contribution is -2.30. The smallest absolute Gasteiger partial charge is 0.271 e. The summed E-state index contributed by atoms with van der Waals surface area (Å²) in [5, 5.41) is 5.08. The third-order valence-corrected chi connectivity index (χ3v) is 5.48. The van der Waals surface area contributed by atoms with Crippen molar-refractivity contribution < 1.29 is 23.2 Å². The van der Waals surface area contributed by atoms with Crippen LogP contribution in [-0.4, -0.2) is 28.8 Å². The molecule has 4 rings (SSSR count). The van der Waals surface area contributed by atoms with E-state index in [2.05, 4.69) is 10.3 Å².